The first-order valence-corrected chi connectivity index (χ1v) is 8.09. The van der Waals surface area contributed by atoms with Crippen molar-refractivity contribution in [2.75, 3.05) is 11.9 Å². The first-order valence-electron chi connectivity index (χ1n) is 7.30. The Hall–Kier alpha value is -2.41. The van der Waals surface area contributed by atoms with E-state index in [4.69, 9.17) is 4.74 Å². The largest absolute Gasteiger partial charge is 0.462 e. The van der Waals surface area contributed by atoms with Gasteiger partial charge in [0.2, 0.25) is 0 Å². The molecule has 124 valence electrons. The lowest BCUT2D eigenvalue weighted by Gasteiger charge is -2.03. The minimum atomic E-state index is -0.524. The molecule has 0 radical (unpaired) electrons. The van der Waals surface area contributed by atoms with E-state index in [1.807, 2.05) is 0 Å². The molecular weight excluding hydrogens is 379 g/mol. The van der Waals surface area contributed by atoms with Crippen LogP contribution in [0.15, 0.2) is 22.7 Å². The number of benzene rings is 1. The molecule has 1 aromatic carbocycles. The lowest BCUT2D eigenvalue weighted by molar-refractivity contribution is -0.110. The normalized spacial score (nSPS) is 14.7. The van der Waals surface area contributed by atoms with Gasteiger partial charge in [-0.1, -0.05) is 15.9 Å². The molecule has 24 heavy (non-hydrogen) atoms. The Kier molecular flexibility index (Phi) is 4.28. The number of H-pyrrole nitrogens is 1. The number of esters is 1. The second kappa shape index (κ2) is 6.24. The maximum Gasteiger partial charge on any atom is 0.340 e. The molecular formula is C17H14BrFN2O3. The Bertz CT molecular complexity index is 886. The van der Waals surface area contributed by atoms with Gasteiger partial charge in [-0.25, -0.2) is 9.18 Å². The number of rotatable bonds is 3. The van der Waals surface area contributed by atoms with E-state index < -0.39 is 17.7 Å². The average Bonchev–Trinajstić information content (AvgIpc) is 3.02. The Labute approximate surface area is 146 Å². The van der Waals surface area contributed by atoms with Crippen LogP contribution in [-0.4, -0.2) is 23.5 Å². The van der Waals surface area contributed by atoms with Crippen LogP contribution < -0.4 is 5.32 Å². The van der Waals surface area contributed by atoms with Crippen molar-refractivity contribution < 1.29 is 18.7 Å². The second-order valence-corrected chi connectivity index (χ2v) is 6.24. The third-order valence-corrected chi connectivity index (χ3v) is 4.05. The standard InChI is InChI=1S/C17H14BrFN2O3/c1-3-24-17(23)12-4-8(2)20-14(12)7-11-10-5-9(18)6-13(19)15(10)21-16(11)22/h4-7,20H,3H2,1-2H3,(H,21,22)/b11-7-. The second-order valence-electron chi connectivity index (χ2n) is 5.32. The molecule has 5 nitrogen and oxygen atoms in total. The van der Waals surface area contributed by atoms with Crippen molar-refractivity contribution in [1.29, 1.82) is 0 Å². The molecule has 0 aliphatic carbocycles. The molecule has 0 saturated heterocycles. The van der Waals surface area contributed by atoms with Crippen LogP contribution >= 0.6 is 15.9 Å². The van der Waals surface area contributed by atoms with Gasteiger partial charge in [0.25, 0.3) is 5.91 Å². The topological polar surface area (TPSA) is 71.2 Å². The van der Waals surface area contributed by atoms with Gasteiger partial charge in [0.15, 0.2) is 0 Å². The highest BCUT2D eigenvalue weighted by Gasteiger charge is 2.28. The SMILES string of the molecule is CCOC(=O)c1cc(C)[nH]c1/C=C1\C(=O)Nc2c(F)cc(Br)cc21. The predicted octanol–water partition coefficient (Wildman–Crippen LogP) is 3.89. The Morgan fingerprint density at radius 1 is 1.38 bits per heavy atom. The van der Waals surface area contributed by atoms with Crippen LogP contribution in [0.5, 0.6) is 0 Å². The minimum Gasteiger partial charge on any atom is -0.462 e. The molecule has 3 rings (SSSR count). The molecule has 0 fully saturated rings. The zero-order chi connectivity index (χ0) is 17.4. The summed E-state index contributed by atoms with van der Waals surface area (Å²) in [6.07, 6.45) is 1.53. The van der Waals surface area contributed by atoms with Crippen LogP contribution in [0.4, 0.5) is 10.1 Å². The molecule has 0 atom stereocenters. The van der Waals surface area contributed by atoms with Crippen molar-refractivity contribution >= 4 is 45.1 Å². The summed E-state index contributed by atoms with van der Waals surface area (Å²) in [5.41, 5.74) is 2.38. The van der Waals surface area contributed by atoms with Crippen LogP contribution in [0.1, 0.15) is 34.2 Å². The third-order valence-electron chi connectivity index (χ3n) is 3.60. The zero-order valence-corrected chi connectivity index (χ0v) is 14.6. The summed E-state index contributed by atoms with van der Waals surface area (Å²) < 4.78 is 19.5. The first-order chi connectivity index (χ1) is 11.4. The maximum atomic E-state index is 14.0. The van der Waals surface area contributed by atoms with Crippen molar-refractivity contribution in [2.45, 2.75) is 13.8 Å². The van der Waals surface area contributed by atoms with E-state index in [9.17, 15) is 14.0 Å². The van der Waals surface area contributed by atoms with Gasteiger partial charge >= 0.3 is 5.97 Å². The number of aryl methyl sites for hydroxylation is 1. The van der Waals surface area contributed by atoms with Gasteiger partial charge < -0.3 is 15.0 Å². The fourth-order valence-corrected chi connectivity index (χ4v) is 3.04. The van der Waals surface area contributed by atoms with Crippen LogP contribution in [0.25, 0.3) is 11.6 Å². The molecule has 1 aliphatic heterocycles. The summed E-state index contributed by atoms with van der Waals surface area (Å²) >= 11 is 3.22. The van der Waals surface area contributed by atoms with Gasteiger partial charge in [0, 0.05) is 15.7 Å². The van der Waals surface area contributed by atoms with Crippen LogP contribution in [0.2, 0.25) is 0 Å². The number of hydrogen-bond donors (Lipinski definition) is 2. The molecule has 0 unspecified atom stereocenters. The highest BCUT2D eigenvalue weighted by molar-refractivity contribution is 9.10. The number of amides is 1. The molecule has 0 spiro atoms. The molecule has 7 heteroatoms. The van der Waals surface area contributed by atoms with Crippen molar-refractivity contribution in [2.24, 2.45) is 0 Å². The number of ether oxygens (including phenoxy) is 1. The summed E-state index contributed by atoms with van der Waals surface area (Å²) in [4.78, 5) is 27.3. The monoisotopic (exact) mass is 392 g/mol. The van der Waals surface area contributed by atoms with Gasteiger partial charge in [0.05, 0.1) is 29.1 Å². The van der Waals surface area contributed by atoms with Crippen LogP contribution in [0, 0.1) is 12.7 Å². The maximum absolute atomic E-state index is 14.0. The third kappa shape index (κ3) is 2.87. The van der Waals surface area contributed by atoms with E-state index >= 15 is 0 Å². The summed E-state index contributed by atoms with van der Waals surface area (Å²) in [5, 5.41) is 2.51. The molecule has 0 bridgehead atoms. The number of carbonyl (C=O) groups is 2. The molecule has 2 aromatic rings. The molecule has 1 amide bonds. The summed E-state index contributed by atoms with van der Waals surface area (Å²) in [5.74, 6) is -1.43. The molecule has 0 saturated carbocycles. The number of aromatic amines is 1. The number of carbonyl (C=O) groups excluding carboxylic acids is 2. The Balaban J connectivity index is 2.11. The zero-order valence-electron chi connectivity index (χ0n) is 13.0. The van der Waals surface area contributed by atoms with Gasteiger partial charge in [-0.05, 0) is 38.1 Å². The Morgan fingerprint density at radius 3 is 2.83 bits per heavy atom. The number of halogens is 2. The molecule has 1 aliphatic rings. The van der Waals surface area contributed by atoms with Gasteiger partial charge in [0.1, 0.15) is 5.82 Å². The van der Waals surface area contributed by atoms with E-state index in [-0.39, 0.29) is 17.9 Å². The predicted molar refractivity (Wildman–Crippen MR) is 92.1 cm³/mol. The summed E-state index contributed by atoms with van der Waals surface area (Å²) in [6.45, 7) is 3.76. The van der Waals surface area contributed by atoms with E-state index in [1.165, 1.54) is 12.1 Å². The average molecular weight is 393 g/mol. The Morgan fingerprint density at radius 2 is 2.12 bits per heavy atom. The minimum absolute atomic E-state index is 0.135. The van der Waals surface area contributed by atoms with Crippen molar-refractivity contribution in [3.63, 3.8) is 0 Å². The molecule has 2 N–H and O–H groups in total. The van der Waals surface area contributed by atoms with Crippen LogP contribution in [0.3, 0.4) is 0 Å². The molecule has 1 aromatic heterocycles. The van der Waals surface area contributed by atoms with Crippen molar-refractivity contribution in [3.05, 3.63) is 51.0 Å². The first kappa shape index (κ1) is 16.4. The quantitative estimate of drug-likeness (QED) is 0.614. The van der Waals surface area contributed by atoms with Crippen molar-refractivity contribution in [3.8, 4) is 0 Å². The highest BCUT2D eigenvalue weighted by atomic mass is 79.9. The van der Waals surface area contributed by atoms with E-state index in [1.54, 1.807) is 26.0 Å². The lowest BCUT2D eigenvalue weighted by Crippen LogP contribution is -2.06. The molecule has 2 heterocycles. The number of fused-ring (bicyclic) bond motifs is 1. The number of hydrogen-bond acceptors (Lipinski definition) is 3. The van der Waals surface area contributed by atoms with Gasteiger partial charge in [-0.2, -0.15) is 0 Å². The van der Waals surface area contributed by atoms with E-state index in [2.05, 4.69) is 26.2 Å². The lowest BCUT2D eigenvalue weighted by atomic mass is 10.0. The van der Waals surface area contributed by atoms with E-state index in [0.29, 0.717) is 21.3 Å². The van der Waals surface area contributed by atoms with Gasteiger partial charge in [-0.15, -0.1) is 0 Å². The fourth-order valence-electron chi connectivity index (χ4n) is 2.61. The highest BCUT2D eigenvalue weighted by Crippen LogP contribution is 2.37. The fraction of sp³-hybridized carbons (Fsp3) is 0.176. The van der Waals surface area contributed by atoms with E-state index in [0.717, 1.165) is 5.69 Å². The number of anilines is 1. The van der Waals surface area contributed by atoms with Crippen molar-refractivity contribution in [1.82, 2.24) is 4.98 Å². The number of aromatic nitrogens is 1. The van der Waals surface area contributed by atoms with Gasteiger partial charge in [-0.3, -0.25) is 4.79 Å². The van der Waals surface area contributed by atoms with Crippen LogP contribution in [-0.2, 0) is 9.53 Å². The summed E-state index contributed by atoms with van der Waals surface area (Å²) in [7, 11) is 0. The summed E-state index contributed by atoms with van der Waals surface area (Å²) in [6, 6.07) is 4.59. The number of nitrogens with one attached hydrogen (secondary N) is 2. The smallest absolute Gasteiger partial charge is 0.340 e.